The minimum Gasteiger partial charge on any atom is -0.340 e. The number of nitrogens with one attached hydrogen (secondary N) is 1. The molecule has 1 saturated heterocycles. The molecule has 6 heteroatoms. The molecule has 5 nitrogen and oxygen atoms in total. The Hall–Kier alpha value is -2.44. The summed E-state index contributed by atoms with van der Waals surface area (Å²) in [5, 5.41) is 3.42. The van der Waals surface area contributed by atoms with Crippen molar-refractivity contribution in [3.05, 3.63) is 57.9 Å². The molecule has 1 fully saturated rings. The molecule has 0 radical (unpaired) electrons. The molecule has 4 rings (SSSR count). The van der Waals surface area contributed by atoms with E-state index in [0.717, 1.165) is 67.1 Å². The number of hydrogen-bond acceptors (Lipinski definition) is 4. The second-order valence-electron chi connectivity index (χ2n) is 8.90. The number of rotatable bonds is 6. The molecule has 1 aliphatic rings. The fraction of sp³-hybridized carbons (Fsp3) is 0.480. The van der Waals surface area contributed by atoms with Gasteiger partial charge in [-0.2, -0.15) is 0 Å². The minimum atomic E-state index is -0.120. The maximum absolute atomic E-state index is 14.2. The number of hydrogen-bond donors (Lipinski definition) is 2. The van der Waals surface area contributed by atoms with Crippen LogP contribution in [0.2, 0.25) is 0 Å². The smallest absolute Gasteiger partial charge is 0.206 e. The van der Waals surface area contributed by atoms with Gasteiger partial charge in [-0.15, -0.1) is 0 Å². The normalized spacial score (nSPS) is 15.6. The van der Waals surface area contributed by atoms with Crippen LogP contribution in [0.15, 0.2) is 24.3 Å². The summed E-state index contributed by atoms with van der Waals surface area (Å²) in [6.45, 7) is 12.3. The maximum Gasteiger partial charge on any atom is 0.206 e. The average molecular weight is 424 g/mol. The van der Waals surface area contributed by atoms with Crippen molar-refractivity contribution in [2.45, 2.75) is 53.1 Å². The van der Waals surface area contributed by atoms with E-state index in [1.807, 2.05) is 26.0 Å². The minimum absolute atomic E-state index is 0.0260. The molecule has 1 atom stereocenters. The molecule has 166 valence electrons. The average Bonchev–Trinajstić information content (AvgIpc) is 3.10. The predicted molar refractivity (Wildman–Crippen MR) is 126 cm³/mol. The van der Waals surface area contributed by atoms with Crippen molar-refractivity contribution >= 4 is 17.0 Å². The van der Waals surface area contributed by atoms with E-state index in [9.17, 15) is 4.39 Å². The third-order valence-electron chi connectivity index (χ3n) is 6.24. The molecule has 0 spiro atoms. The van der Waals surface area contributed by atoms with Gasteiger partial charge in [-0.25, -0.2) is 9.37 Å². The van der Waals surface area contributed by atoms with Gasteiger partial charge in [0.05, 0.1) is 17.6 Å². The number of aryl methyl sites for hydroxylation is 3. The van der Waals surface area contributed by atoms with E-state index in [2.05, 4.69) is 40.8 Å². The summed E-state index contributed by atoms with van der Waals surface area (Å²) in [6, 6.07) is 8.28. The predicted octanol–water partition coefficient (Wildman–Crippen LogP) is 4.36. The van der Waals surface area contributed by atoms with E-state index in [0.29, 0.717) is 17.7 Å². The van der Waals surface area contributed by atoms with Crippen LogP contribution in [0.1, 0.15) is 53.6 Å². The van der Waals surface area contributed by atoms with E-state index in [4.69, 9.17) is 10.7 Å². The monoisotopic (exact) mass is 423 g/mol. The van der Waals surface area contributed by atoms with Crippen LogP contribution in [0.3, 0.4) is 0 Å². The van der Waals surface area contributed by atoms with Crippen LogP contribution in [0, 0.1) is 26.6 Å². The van der Waals surface area contributed by atoms with Gasteiger partial charge in [-0.1, -0.05) is 31.5 Å². The lowest BCUT2D eigenvalue weighted by atomic mass is 9.99. The third kappa shape index (κ3) is 4.32. The summed E-state index contributed by atoms with van der Waals surface area (Å²) in [7, 11) is 0. The number of imidazole rings is 1. The van der Waals surface area contributed by atoms with Gasteiger partial charge in [-0.3, -0.25) is 0 Å². The van der Waals surface area contributed by atoms with Gasteiger partial charge < -0.3 is 20.5 Å². The lowest BCUT2D eigenvalue weighted by Crippen LogP contribution is -2.44. The fourth-order valence-electron chi connectivity index (χ4n) is 4.70. The van der Waals surface area contributed by atoms with Crippen molar-refractivity contribution in [2.24, 2.45) is 5.73 Å². The third-order valence-corrected chi connectivity index (χ3v) is 6.24. The van der Waals surface area contributed by atoms with Crippen molar-refractivity contribution in [1.82, 2.24) is 14.9 Å². The lowest BCUT2D eigenvalue weighted by molar-refractivity contribution is 0.571. The number of anilines is 1. The number of fused-ring (bicyclic) bond motifs is 1. The lowest BCUT2D eigenvalue weighted by Gasteiger charge is -2.29. The fourth-order valence-corrected chi connectivity index (χ4v) is 4.70. The Morgan fingerprint density at radius 2 is 1.77 bits per heavy atom. The zero-order valence-corrected chi connectivity index (χ0v) is 19.1. The molecule has 3 aromatic rings. The molecule has 0 bridgehead atoms. The van der Waals surface area contributed by atoms with Crippen molar-refractivity contribution < 1.29 is 4.39 Å². The maximum atomic E-state index is 14.2. The number of aromatic nitrogens is 2. The quantitative estimate of drug-likeness (QED) is 0.619. The zero-order valence-electron chi connectivity index (χ0n) is 19.1. The van der Waals surface area contributed by atoms with Gasteiger partial charge in [-0.05, 0) is 61.1 Å². The second-order valence-corrected chi connectivity index (χ2v) is 8.90. The zero-order chi connectivity index (χ0) is 22.1. The van der Waals surface area contributed by atoms with E-state index in [-0.39, 0.29) is 11.9 Å². The van der Waals surface area contributed by atoms with Crippen LogP contribution in [0.5, 0.6) is 0 Å². The number of benzene rings is 2. The van der Waals surface area contributed by atoms with E-state index >= 15 is 0 Å². The Morgan fingerprint density at radius 3 is 2.42 bits per heavy atom. The summed E-state index contributed by atoms with van der Waals surface area (Å²) in [4.78, 5) is 7.50. The standard InChI is InChI=1S/C25H34FN5/c1-5-6-21(27)20-11-16(2)12-22-24(20)29-25(30-9-7-28-8-10-30)31(22)15-19-13-17(3)23(26)18(4)14-19/h11-14,21,28H,5-10,15,27H2,1-4H3/t21-/m0/s1. The number of halogens is 1. The largest absolute Gasteiger partial charge is 0.340 e. The summed E-state index contributed by atoms with van der Waals surface area (Å²) in [5.41, 5.74) is 13.4. The van der Waals surface area contributed by atoms with Gasteiger partial charge in [0.25, 0.3) is 0 Å². The molecule has 2 aromatic carbocycles. The number of piperazine rings is 1. The second kappa shape index (κ2) is 8.97. The van der Waals surface area contributed by atoms with Crippen LogP contribution < -0.4 is 16.0 Å². The van der Waals surface area contributed by atoms with Crippen molar-refractivity contribution in [1.29, 1.82) is 0 Å². The summed E-state index contributed by atoms with van der Waals surface area (Å²) in [5.74, 6) is 0.858. The highest BCUT2D eigenvalue weighted by atomic mass is 19.1. The molecule has 0 saturated carbocycles. The first-order valence-electron chi connectivity index (χ1n) is 11.4. The van der Waals surface area contributed by atoms with Crippen molar-refractivity contribution in [3.8, 4) is 0 Å². The van der Waals surface area contributed by atoms with E-state index < -0.39 is 0 Å². The Kier molecular flexibility index (Phi) is 6.30. The van der Waals surface area contributed by atoms with Gasteiger partial charge in [0, 0.05) is 32.2 Å². The SMILES string of the molecule is CCC[C@H](N)c1cc(C)cc2c1nc(N1CCNCC1)n2Cc1cc(C)c(F)c(C)c1. The van der Waals surface area contributed by atoms with E-state index in [1.165, 1.54) is 5.56 Å². The van der Waals surface area contributed by atoms with Crippen molar-refractivity contribution in [2.75, 3.05) is 31.1 Å². The Morgan fingerprint density at radius 1 is 1.10 bits per heavy atom. The summed E-state index contributed by atoms with van der Waals surface area (Å²) < 4.78 is 16.5. The van der Waals surface area contributed by atoms with Crippen LogP contribution in [0.25, 0.3) is 11.0 Å². The summed E-state index contributed by atoms with van der Waals surface area (Å²) >= 11 is 0. The van der Waals surface area contributed by atoms with Gasteiger partial charge in [0.2, 0.25) is 5.95 Å². The van der Waals surface area contributed by atoms with Gasteiger partial charge in [0.15, 0.2) is 0 Å². The van der Waals surface area contributed by atoms with Gasteiger partial charge in [0.1, 0.15) is 5.82 Å². The molecule has 31 heavy (non-hydrogen) atoms. The molecule has 0 amide bonds. The Balaban J connectivity index is 1.88. The van der Waals surface area contributed by atoms with Crippen LogP contribution in [-0.4, -0.2) is 35.7 Å². The molecule has 3 N–H and O–H groups in total. The van der Waals surface area contributed by atoms with Crippen LogP contribution >= 0.6 is 0 Å². The highest BCUT2D eigenvalue weighted by molar-refractivity contribution is 5.84. The van der Waals surface area contributed by atoms with Crippen LogP contribution in [-0.2, 0) is 6.54 Å². The first kappa shape index (κ1) is 21.8. The van der Waals surface area contributed by atoms with E-state index in [1.54, 1.807) is 0 Å². The molecule has 0 unspecified atom stereocenters. The summed E-state index contributed by atoms with van der Waals surface area (Å²) in [6.07, 6.45) is 1.97. The molecule has 1 aromatic heterocycles. The Labute approximate surface area is 184 Å². The van der Waals surface area contributed by atoms with Gasteiger partial charge >= 0.3 is 0 Å². The Bertz CT molecular complexity index is 1060. The topological polar surface area (TPSA) is 59.1 Å². The van der Waals surface area contributed by atoms with Crippen molar-refractivity contribution in [3.63, 3.8) is 0 Å². The van der Waals surface area contributed by atoms with Crippen LogP contribution in [0.4, 0.5) is 10.3 Å². The first-order chi connectivity index (χ1) is 14.9. The number of nitrogens with zero attached hydrogens (tertiary/aromatic N) is 3. The first-order valence-corrected chi connectivity index (χ1v) is 11.4. The molecule has 2 heterocycles. The number of nitrogens with two attached hydrogens (primary N) is 1. The molecule has 1 aliphatic heterocycles. The molecular weight excluding hydrogens is 389 g/mol. The highest BCUT2D eigenvalue weighted by Crippen LogP contribution is 2.32. The molecular formula is C25H34FN5. The highest BCUT2D eigenvalue weighted by Gasteiger charge is 2.23. The molecule has 0 aliphatic carbocycles.